The van der Waals surface area contributed by atoms with E-state index in [4.69, 9.17) is 9.15 Å². The highest BCUT2D eigenvalue weighted by atomic mass is 16.6. The lowest BCUT2D eigenvalue weighted by Crippen LogP contribution is -2.33. The Morgan fingerprint density at radius 2 is 2.04 bits per heavy atom. The number of amides is 2. The van der Waals surface area contributed by atoms with Gasteiger partial charge in [-0.15, -0.1) is 0 Å². The summed E-state index contributed by atoms with van der Waals surface area (Å²) in [4.78, 5) is 33.7. The van der Waals surface area contributed by atoms with Gasteiger partial charge in [-0.05, 0) is 18.6 Å². The number of hydrogen-bond donors (Lipinski definition) is 2. The molecule has 0 saturated carbocycles. The monoisotopic (exact) mass is 374 g/mol. The second-order valence-corrected chi connectivity index (χ2v) is 5.26. The van der Waals surface area contributed by atoms with Gasteiger partial charge in [0.2, 0.25) is 5.91 Å². The van der Waals surface area contributed by atoms with Gasteiger partial charge in [0.15, 0.2) is 5.76 Å². The lowest BCUT2D eigenvalue weighted by molar-refractivity contribution is -0.402. The molecule has 1 heterocycles. The van der Waals surface area contributed by atoms with Gasteiger partial charge in [0.1, 0.15) is 4.92 Å². The van der Waals surface area contributed by atoms with Crippen LogP contribution in [0.2, 0.25) is 0 Å². The molecule has 2 N–H and O–H groups in total. The number of nitrogens with one attached hydrogen (secondary N) is 2. The molecule has 0 radical (unpaired) electrons. The summed E-state index contributed by atoms with van der Waals surface area (Å²) in [5.41, 5.74) is 3.01. The molecule has 0 unspecified atom stereocenters. The van der Waals surface area contributed by atoms with E-state index in [0.717, 1.165) is 11.8 Å². The van der Waals surface area contributed by atoms with Crippen molar-refractivity contribution in [3.63, 3.8) is 0 Å². The minimum atomic E-state index is -0.679. The number of ether oxygens (including phenoxy) is 1. The topological polar surface area (TPSA) is 136 Å². The van der Waals surface area contributed by atoms with Gasteiger partial charge >= 0.3 is 12.0 Å². The van der Waals surface area contributed by atoms with Crippen LogP contribution < -0.4 is 10.7 Å². The minimum Gasteiger partial charge on any atom is -0.450 e. The summed E-state index contributed by atoms with van der Waals surface area (Å²) in [5.74, 6) is -0.783. The molecule has 10 nitrogen and oxygen atoms in total. The van der Waals surface area contributed by atoms with Gasteiger partial charge in [-0.1, -0.05) is 30.3 Å². The first-order chi connectivity index (χ1) is 13.0. The SMILES string of the molecule is CCOC(=O)N[C@H](CC(=O)N/N=C\c1ccc([N+](=O)[O-])o1)c1ccccc1. The van der Waals surface area contributed by atoms with Gasteiger partial charge < -0.3 is 14.5 Å². The molecule has 0 spiro atoms. The molecule has 0 aliphatic carbocycles. The van der Waals surface area contributed by atoms with Crippen molar-refractivity contribution in [3.05, 3.63) is 63.9 Å². The number of hydrogen-bond acceptors (Lipinski definition) is 7. The maximum atomic E-state index is 12.1. The Morgan fingerprint density at radius 3 is 2.67 bits per heavy atom. The van der Waals surface area contributed by atoms with Crippen LogP contribution in [0.15, 0.2) is 52.0 Å². The maximum absolute atomic E-state index is 12.1. The first-order valence-electron chi connectivity index (χ1n) is 8.04. The number of alkyl carbamates (subject to hydrolysis) is 1. The van der Waals surface area contributed by atoms with E-state index in [1.165, 1.54) is 12.1 Å². The molecule has 2 rings (SSSR count). The standard InChI is InChI=1S/C17H18N4O6/c1-2-26-17(23)19-14(12-6-4-3-5-7-12)10-15(22)20-18-11-13-8-9-16(27-13)21(24)25/h3-9,11,14H,2,10H2,1H3,(H,19,23)(H,20,22)/b18-11-/t14-/m1/s1. The lowest BCUT2D eigenvalue weighted by Gasteiger charge is -2.17. The molecular weight excluding hydrogens is 356 g/mol. The van der Waals surface area contributed by atoms with Crippen LogP contribution in [0.1, 0.15) is 30.7 Å². The molecule has 0 fully saturated rings. The number of nitro groups is 1. The zero-order chi connectivity index (χ0) is 19.6. The van der Waals surface area contributed by atoms with Crippen molar-refractivity contribution < 1.29 is 23.7 Å². The third kappa shape index (κ3) is 6.27. The minimum absolute atomic E-state index is 0.0849. The maximum Gasteiger partial charge on any atom is 0.433 e. The van der Waals surface area contributed by atoms with Crippen LogP contribution in [0.3, 0.4) is 0 Å². The summed E-state index contributed by atoms with van der Waals surface area (Å²) in [6.45, 7) is 1.89. The molecule has 0 aliphatic heterocycles. The van der Waals surface area contributed by atoms with E-state index in [-0.39, 0.29) is 18.8 Å². The normalized spacial score (nSPS) is 11.7. The first-order valence-corrected chi connectivity index (χ1v) is 8.04. The van der Waals surface area contributed by atoms with Gasteiger partial charge in [-0.3, -0.25) is 14.9 Å². The third-order valence-electron chi connectivity index (χ3n) is 3.33. The highest BCUT2D eigenvalue weighted by Gasteiger charge is 2.19. The zero-order valence-corrected chi connectivity index (χ0v) is 14.5. The zero-order valence-electron chi connectivity index (χ0n) is 14.5. The number of carbonyl (C=O) groups is 2. The van der Waals surface area contributed by atoms with Crippen molar-refractivity contribution >= 4 is 24.1 Å². The van der Waals surface area contributed by atoms with Gasteiger partial charge in [0.25, 0.3) is 0 Å². The quantitative estimate of drug-likeness (QED) is 0.414. The van der Waals surface area contributed by atoms with Crippen LogP contribution in [0.4, 0.5) is 10.7 Å². The summed E-state index contributed by atoms with van der Waals surface area (Å²) >= 11 is 0. The van der Waals surface area contributed by atoms with Crippen molar-refractivity contribution in [2.75, 3.05) is 6.61 Å². The Hall–Kier alpha value is -3.69. The van der Waals surface area contributed by atoms with Crippen molar-refractivity contribution in [2.24, 2.45) is 5.10 Å². The van der Waals surface area contributed by atoms with E-state index < -0.39 is 28.8 Å². The molecule has 10 heteroatoms. The number of benzene rings is 1. The predicted molar refractivity (Wildman–Crippen MR) is 95.1 cm³/mol. The smallest absolute Gasteiger partial charge is 0.433 e. The van der Waals surface area contributed by atoms with Crippen molar-refractivity contribution in [3.8, 4) is 0 Å². The van der Waals surface area contributed by atoms with Crippen molar-refractivity contribution in [1.29, 1.82) is 0 Å². The second kappa shape index (κ2) is 9.70. The molecule has 1 aromatic heterocycles. The third-order valence-corrected chi connectivity index (χ3v) is 3.33. The summed E-state index contributed by atoms with van der Waals surface area (Å²) in [7, 11) is 0. The Bertz CT molecular complexity index is 818. The van der Waals surface area contributed by atoms with E-state index in [9.17, 15) is 19.7 Å². The van der Waals surface area contributed by atoms with E-state index in [2.05, 4.69) is 15.8 Å². The van der Waals surface area contributed by atoms with Crippen LogP contribution in [0, 0.1) is 10.1 Å². The molecule has 27 heavy (non-hydrogen) atoms. The fourth-order valence-corrected chi connectivity index (χ4v) is 2.16. The highest BCUT2D eigenvalue weighted by molar-refractivity contribution is 5.81. The van der Waals surface area contributed by atoms with Gasteiger partial charge in [0.05, 0.1) is 31.4 Å². The van der Waals surface area contributed by atoms with Crippen molar-refractivity contribution in [1.82, 2.24) is 10.7 Å². The molecule has 0 aliphatic rings. The summed E-state index contributed by atoms with van der Waals surface area (Å²) in [6.07, 6.45) is 0.421. The number of furan rings is 1. The van der Waals surface area contributed by atoms with Crippen LogP contribution in [0.5, 0.6) is 0 Å². The number of rotatable bonds is 8. The van der Waals surface area contributed by atoms with Gasteiger partial charge in [-0.2, -0.15) is 5.10 Å². The van der Waals surface area contributed by atoms with E-state index >= 15 is 0 Å². The molecular formula is C17H18N4O6. The molecule has 1 aromatic carbocycles. The average Bonchev–Trinajstić information content (AvgIpc) is 3.11. The molecule has 2 amide bonds. The van der Waals surface area contributed by atoms with Crippen molar-refractivity contribution in [2.45, 2.75) is 19.4 Å². The predicted octanol–water partition coefficient (Wildman–Crippen LogP) is 2.52. The molecule has 1 atom stereocenters. The number of carbonyl (C=O) groups excluding carboxylic acids is 2. The fourth-order valence-electron chi connectivity index (χ4n) is 2.16. The molecule has 142 valence electrons. The molecule has 0 saturated heterocycles. The van der Waals surface area contributed by atoms with Crippen LogP contribution in [-0.2, 0) is 9.53 Å². The number of nitrogens with zero attached hydrogens (tertiary/aromatic N) is 2. The lowest BCUT2D eigenvalue weighted by atomic mass is 10.0. The largest absolute Gasteiger partial charge is 0.450 e. The van der Waals surface area contributed by atoms with Gasteiger partial charge in [0, 0.05) is 0 Å². The fraction of sp³-hybridized carbons (Fsp3) is 0.235. The Kier molecular flexibility index (Phi) is 7.06. The Balaban J connectivity index is 1.96. The Labute approximate surface area is 154 Å². The summed E-state index contributed by atoms with van der Waals surface area (Å²) < 4.78 is 9.74. The summed E-state index contributed by atoms with van der Waals surface area (Å²) in [5, 5.41) is 16.9. The highest BCUT2D eigenvalue weighted by Crippen LogP contribution is 2.17. The first kappa shape index (κ1) is 19.6. The van der Waals surface area contributed by atoms with E-state index in [0.29, 0.717) is 0 Å². The Morgan fingerprint density at radius 1 is 1.30 bits per heavy atom. The second-order valence-electron chi connectivity index (χ2n) is 5.26. The molecule has 0 bridgehead atoms. The van der Waals surface area contributed by atoms with Gasteiger partial charge in [-0.25, -0.2) is 10.2 Å². The average molecular weight is 374 g/mol. The van der Waals surface area contributed by atoms with Crippen LogP contribution in [0.25, 0.3) is 0 Å². The van der Waals surface area contributed by atoms with Crippen LogP contribution >= 0.6 is 0 Å². The number of hydrazone groups is 1. The summed E-state index contributed by atoms with van der Waals surface area (Å²) in [6, 6.07) is 10.9. The van der Waals surface area contributed by atoms with E-state index in [1.807, 2.05) is 6.07 Å². The molecule has 2 aromatic rings. The van der Waals surface area contributed by atoms with Crippen LogP contribution in [-0.4, -0.2) is 29.7 Å². The van der Waals surface area contributed by atoms with E-state index in [1.54, 1.807) is 31.2 Å².